The van der Waals surface area contributed by atoms with Crippen LogP contribution in [0.3, 0.4) is 0 Å². The third kappa shape index (κ3) is 2.30. The highest BCUT2D eigenvalue weighted by Crippen LogP contribution is 2.23. The van der Waals surface area contributed by atoms with Gasteiger partial charge in [-0.1, -0.05) is 17.7 Å². The zero-order valence-electron chi connectivity index (χ0n) is 8.33. The molecule has 0 bridgehead atoms. The zero-order chi connectivity index (χ0) is 10.7. The van der Waals surface area contributed by atoms with Gasteiger partial charge < -0.3 is 9.73 Å². The van der Waals surface area contributed by atoms with Crippen molar-refractivity contribution in [1.29, 1.82) is 0 Å². The van der Waals surface area contributed by atoms with Gasteiger partial charge in [-0.15, -0.1) is 0 Å². The number of benzene rings is 1. The lowest BCUT2D eigenvalue weighted by Crippen LogP contribution is -1.99. The molecular weight excluding hydrogens is 212 g/mol. The van der Waals surface area contributed by atoms with Gasteiger partial charge in [-0.25, -0.2) is 4.98 Å². The van der Waals surface area contributed by atoms with Crippen LogP contribution in [0.4, 0.5) is 5.69 Å². The molecule has 0 atom stereocenters. The third-order valence-corrected chi connectivity index (χ3v) is 2.61. The summed E-state index contributed by atoms with van der Waals surface area (Å²) in [6, 6.07) is 5.77. The molecule has 0 aliphatic rings. The summed E-state index contributed by atoms with van der Waals surface area (Å²) in [6.45, 7) is 2.59. The smallest absolute Gasteiger partial charge is 0.180 e. The van der Waals surface area contributed by atoms with Crippen molar-refractivity contribution in [3.63, 3.8) is 0 Å². The molecule has 2 rings (SSSR count). The first-order valence-electron chi connectivity index (χ1n) is 4.64. The predicted molar refractivity (Wildman–Crippen MR) is 60.0 cm³/mol. The van der Waals surface area contributed by atoms with Crippen LogP contribution in [-0.4, -0.2) is 4.98 Å². The first-order valence-corrected chi connectivity index (χ1v) is 5.01. The van der Waals surface area contributed by atoms with Crippen LogP contribution >= 0.6 is 11.6 Å². The van der Waals surface area contributed by atoms with Crippen LogP contribution in [0.25, 0.3) is 0 Å². The van der Waals surface area contributed by atoms with Crippen molar-refractivity contribution in [2.24, 2.45) is 0 Å². The number of oxazole rings is 1. The van der Waals surface area contributed by atoms with Crippen molar-refractivity contribution in [2.75, 3.05) is 5.32 Å². The Morgan fingerprint density at radius 3 is 3.07 bits per heavy atom. The van der Waals surface area contributed by atoms with E-state index in [2.05, 4.69) is 10.3 Å². The van der Waals surface area contributed by atoms with Gasteiger partial charge in [-0.3, -0.25) is 0 Å². The number of hydrogen-bond donors (Lipinski definition) is 1. The van der Waals surface area contributed by atoms with E-state index in [0.717, 1.165) is 22.0 Å². The van der Waals surface area contributed by atoms with Gasteiger partial charge in [0.05, 0.1) is 12.7 Å². The summed E-state index contributed by atoms with van der Waals surface area (Å²) in [5.74, 6) is 0.800. The molecule has 1 aromatic carbocycles. The van der Waals surface area contributed by atoms with E-state index in [1.54, 1.807) is 6.20 Å². The molecule has 78 valence electrons. The summed E-state index contributed by atoms with van der Waals surface area (Å²) >= 11 is 6.00. The molecule has 0 amide bonds. The maximum absolute atomic E-state index is 6.00. The minimum absolute atomic E-state index is 0.612. The highest BCUT2D eigenvalue weighted by molar-refractivity contribution is 6.31. The normalized spacial score (nSPS) is 10.3. The molecule has 2 aromatic rings. The average molecular weight is 223 g/mol. The first-order chi connectivity index (χ1) is 7.27. The number of halogens is 1. The fraction of sp³-hybridized carbons (Fsp3) is 0.182. The van der Waals surface area contributed by atoms with Crippen molar-refractivity contribution in [3.05, 3.63) is 47.1 Å². The summed E-state index contributed by atoms with van der Waals surface area (Å²) in [4.78, 5) is 3.84. The zero-order valence-corrected chi connectivity index (χ0v) is 9.08. The van der Waals surface area contributed by atoms with Gasteiger partial charge in [0.1, 0.15) is 5.76 Å². The molecule has 0 unspecified atom stereocenters. The second-order valence-corrected chi connectivity index (χ2v) is 3.64. The van der Waals surface area contributed by atoms with Gasteiger partial charge in [0.15, 0.2) is 6.39 Å². The lowest BCUT2D eigenvalue weighted by molar-refractivity contribution is 0.511. The van der Waals surface area contributed by atoms with Gasteiger partial charge in [-0.2, -0.15) is 0 Å². The molecule has 4 heteroatoms. The molecular formula is C11H11ClN2O. The molecule has 15 heavy (non-hydrogen) atoms. The van der Waals surface area contributed by atoms with Crippen molar-refractivity contribution in [2.45, 2.75) is 13.5 Å². The minimum atomic E-state index is 0.612. The fourth-order valence-electron chi connectivity index (χ4n) is 1.31. The Bertz CT molecular complexity index is 440. The summed E-state index contributed by atoms with van der Waals surface area (Å²) in [6.07, 6.45) is 3.11. The van der Waals surface area contributed by atoms with Gasteiger partial charge in [0.2, 0.25) is 0 Å². The Labute approximate surface area is 93.1 Å². The van der Waals surface area contributed by atoms with Crippen molar-refractivity contribution in [3.8, 4) is 0 Å². The molecule has 0 fully saturated rings. The number of nitrogens with one attached hydrogen (secondary N) is 1. The standard InChI is InChI=1S/C11H11ClN2O/c1-8-10(12)3-2-4-11(8)14-6-9-5-13-7-15-9/h2-5,7,14H,6H2,1H3. The molecule has 0 aliphatic carbocycles. The Morgan fingerprint density at radius 1 is 1.47 bits per heavy atom. The van der Waals surface area contributed by atoms with Crippen LogP contribution in [0.2, 0.25) is 5.02 Å². The molecule has 1 N–H and O–H groups in total. The Hall–Kier alpha value is -1.48. The van der Waals surface area contributed by atoms with Crippen molar-refractivity contribution < 1.29 is 4.42 Å². The number of aromatic nitrogens is 1. The summed E-state index contributed by atoms with van der Waals surface area (Å²) in [7, 11) is 0. The molecule has 0 saturated carbocycles. The quantitative estimate of drug-likeness (QED) is 0.867. The van der Waals surface area contributed by atoms with Crippen LogP contribution in [-0.2, 0) is 6.54 Å². The number of hydrogen-bond acceptors (Lipinski definition) is 3. The van der Waals surface area contributed by atoms with E-state index in [1.807, 2.05) is 25.1 Å². The molecule has 0 spiro atoms. The number of rotatable bonds is 3. The van der Waals surface area contributed by atoms with Crippen LogP contribution in [0, 0.1) is 6.92 Å². The second kappa shape index (κ2) is 4.36. The summed E-state index contributed by atoms with van der Waals surface area (Å²) in [5, 5.41) is 4.00. The van der Waals surface area contributed by atoms with Gasteiger partial charge >= 0.3 is 0 Å². The lowest BCUT2D eigenvalue weighted by Gasteiger charge is -2.08. The van der Waals surface area contributed by atoms with E-state index >= 15 is 0 Å². The maximum atomic E-state index is 6.00. The van der Waals surface area contributed by atoms with E-state index in [1.165, 1.54) is 6.39 Å². The fourth-order valence-corrected chi connectivity index (χ4v) is 1.49. The second-order valence-electron chi connectivity index (χ2n) is 3.23. The molecule has 1 heterocycles. The average Bonchev–Trinajstić information content (AvgIpc) is 2.73. The number of anilines is 1. The molecule has 0 saturated heterocycles. The highest BCUT2D eigenvalue weighted by Gasteiger charge is 2.02. The third-order valence-electron chi connectivity index (χ3n) is 2.20. The van der Waals surface area contributed by atoms with E-state index in [9.17, 15) is 0 Å². The van der Waals surface area contributed by atoms with E-state index in [-0.39, 0.29) is 0 Å². The maximum Gasteiger partial charge on any atom is 0.180 e. The topological polar surface area (TPSA) is 38.1 Å². The molecule has 3 nitrogen and oxygen atoms in total. The van der Waals surface area contributed by atoms with E-state index in [0.29, 0.717) is 6.54 Å². The largest absolute Gasteiger partial charge is 0.447 e. The van der Waals surface area contributed by atoms with Gasteiger partial charge in [0, 0.05) is 10.7 Å². The Balaban J connectivity index is 2.08. The minimum Gasteiger partial charge on any atom is -0.447 e. The molecule has 0 radical (unpaired) electrons. The van der Waals surface area contributed by atoms with Crippen LogP contribution in [0.5, 0.6) is 0 Å². The van der Waals surface area contributed by atoms with Crippen molar-refractivity contribution >= 4 is 17.3 Å². The van der Waals surface area contributed by atoms with Gasteiger partial charge in [-0.05, 0) is 24.6 Å². The van der Waals surface area contributed by atoms with Crippen LogP contribution < -0.4 is 5.32 Å². The number of nitrogens with zero attached hydrogens (tertiary/aromatic N) is 1. The van der Waals surface area contributed by atoms with Crippen LogP contribution in [0.15, 0.2) is 35.2 Å². The molecule has 1 aromatic heterocycles. The predicted octanol–water partition coefficient (Wildman–Crippen LogP) is 3.25. The first kappa shape index (κ1) is 10.1. The highest BCUT2D eigenvalue weighted by atomic mass is 35.5. The Morgan fingerprint density at radius 2 is 2.33 bits per heavy atom. The summed E-state index contributed by atoms with van der Waals surface area (Å²) < 4.78 is 5.12. The Kier molecular flexibility index (Phi) is 2.92. The van der Waals surface area contributed by atoms with E-state index < -0.39 is 0 Å². The molecule has 0 aliphatic heterocycles. The SMILES string of the molecule is Cc1c(Cl)cccc1NCc1cnco1. The monoisotopic (exact) mass is 222 g/mol. The van der Waals surface area contributed by atoms with Gasteiger partial charge in [0.25, 0.3) is 0 Å². The van der Waals surface area contributed by atoms with Crippen molar-refractivity contribution in [1.82, 2.24) is 4.98 Å². The summed E-state index contributed by atoms with van der Waals surface area (Å²) in [5.41, 5.74) is 2.05. The van der Waals surface area contributed by atoms with Crippen LogP contribution in [0.1, 0.15) is 11.3 Å². The van der Waals surface area contributed by atoms with E-state index in [4.69, 9.17) is 16.0 Å². The lowest BCUT2D eigenvalue weighted by atomic mass is 10.2.